The van der Waals surface area contributed by atoms with Gasteiger partial charge in [-0.3, -0.25) is 9.36 Å². The molecule has 148 valence electrons. The van der Waals surface area contributed by atoms with Crippen LogP contribution in [0.5, 0.6) is 0 Å². The number of aryl methyl sites for hydroxylation is 1. The number of fused-ring (bicyclic) bond motifs is 1. The molecule has 0 unspecified atom stereocenters. The number of benzene rings is 2. The van der Waals surface area contributed by atoms with E-state index in [1.807, 2.05) is 41.8 Å². The molecule has 0 atom stereocenters. The highest BCUT2D eigenvalue weighted by atomic mass is 32.2. The lowest BCUT2D eigenvalue weighted by Crippen LogP contribution is -2.30. The highest BCUT2D eigenvalue weighted by molar-refractivity contribution is 7.99. The Morgan fingerprint density at radius 1 is 1.17 bits per heavy atom. The van der Waals surface area contributed by atoms with Crippen LogP contribution in [0.15, 0.2) is 53.9 Å². The Balaban J connectivity index is 1.45. The van der Waals surface area contributed by atoms with Gasteiger partial charge in [0.1, 0.15) is 6.33 Å². The summed E-state index contributed by atoms with van der Waals surface area (Å²) in [6.07, 6.45) is 2.37. The van der Waals surface area contributed by atoms with Gasteiger partial charge in [-0.25, -0.2) is 4.79 Å². The van der Waals surface area contributed by atoms with Crippen LogP contribution < -0.4 is 4.90 Å². The maximum atomic E-state index is 12.8. The van der Waals surface area contributed by atoms with Crippen molar-refractivity contribution in [1.29, 1.82) is 0 Å². The first-order chi connectivity index (χ1) is 14.1. The van der Waals surface area contributed by atoms with Crippen molar-refractivity contribution in [1.82, 2.24) is 14.8 Å². The third-order valence-corrected chi connectivity index (χ3v) is 5.78. The Morgan fingerprint density at radius 2 is 1.97 bits per heavy atom. The van der Waals surface area contributed by atoms with Gasteiger partial charge in [-0.15, -0.1) is 10.2 Å². The molecular weight excluding hydrogens is 388 g/mol. The van der Waals surface area contributed by atoms with Gasteiger partial charge in [0.25, 0.3) is 0 Å². The van der Waals surface area contributed by atoms with Gasteiger partial charge >= 0.3 is 5.97 Å². The minimum atomic E-state index is -0.372. The first-order valence-corrected chi connectivity index (χ1v) is 10.2. The summed E-state index contributed by atoms with van der Waals surface area (Å²) in [4.78, 5) is 26.3. The summed E-state index contributed by atoms with van der Waals surface area (Å²) in [6, 6.07) is 13.4. The second kappa shape index (κ2) is 8.08. The van der Waals surface area contributed by atoms with E-state index in [9.17, 15) is 9.59 Å². The highest BCUT2D eigenvalue weighted by Gasteiger charge is 2.26. The molecule has 0 bridgehead atoms. The average Bonchev–Trinajstić information content (AvgIpc) is 3.38. The van der Waals surface area contributed by atoms with E-state index < -0.39 is 0 Å². The Morgan fingerprint density at radius 3 is 2.72 bits per heavy atom. The molecule has 0 spiro atoms. The van der Waals surface area contributed by atoms with E-state index in [1.165, 1.54) is 24.4 Å². The first-order valence-electron chi connectivity index (χ1n) is 9.18. The molecule has 0 saturated carbocycles. The summed E-state index contributed by atoms with van der Waals surface area (Å²) < 4.78 is 6.64. The van der Waals surface area contributed by atoms with E-state index in [2.05, 4.69) is 10.2 Å². The van der Waals surface area contributed by atoms with Gasteiger partial charge in [-0.1, -0.05) is 29.5 Å². The zero-order chi connectivity index (χ0) is 20.4. The summed E-state index contributed by atoms with van der Waals surface area (Å²) in [5.74, 6) is -0.121. The van der Waals surface area contributed by atoms with Crippen molar-refractivity contribution in [3.8, 4) is 5.69 Å². The van der Waals surface area contributed by atoms with Crippen LogP contribution in [0, 0.1) is 6.92 Å². The number of esters is 1. The fourth-order valence-electron chi connectivity index (χ4n) is 3.32. The van der Waals surface area contributed by atoms with Gasteiger partial charge in [-0.05, 0) is 49.2 Å². The van der Waals surface area contributed by atoms with E-state index in [1.54, 1.807) is 23.4 Å². The monoisotopic (exact) mass is 408 g/mol. The van der Waals surface area contributed by atoms with Crippen molar-refractivity contribution in [2.75, 3.05) is 24.3 Å². The smallest absolute Gasteiger partial charge is 0.337 e. The summed E-state index contributed by atoms with van der Waals surface area (Å²) in [7, 11) is 1.36. The molecule has 8 heteroatoms. The maximum absolute atomic E-state index is 12.8. The van der Waals surface area contributed by atoms with Crippen LogP contribution in [0.1, 0.15) is 21.5 Å². The number of rotatable bonds is 5. The molecule has 2 heterocycles. The molecule has 3 aromatic rings. The number of anilines is 1. The Labute approximate surface area is 172 Å². The largest absolute Gasteiger partial charge is 0.465 e. The summed E-state index contributed by atoms with van der Waals surface area (Å²) in [6.45, 7) is 2.64. The molecule has 0 N–H and O–H groups in total. The SMILES string of the molecule is COC(=O)c1ccc2c(c1)CCN2C(=O)CSc1nncn1-c1ccc(C)cc1. The van der Waals surface area contributed by atoms with Crippen LogP contribution >= 0.6 is 11.8 Å². The summed E-state index contributed by atoms with van der Waals surface area (Å²) in [5.41, 5.74) is 4.46. The lowest BCUT2D eigenvalue weighted by Gasteiger charge is -2.17. The van der Waals surface area contributed by atoms with Crippen LogP contribution in [0.2, 0.25) is 0 Å². The van der Waals surface area contributed by atoms with E-state index in [0.29, 0.717) is 17.3 Å². The molecule has 1 aromatic heterocycles. The lowest BCUT2D eigenvalue weighted by atomic mass is 10.1. The molecule has 1 aliphatic rings. The first kappa shape index (κ1) is 19.2. The normalized spacial score (nSPS) is 12.7. The molecule has 4 rings (SSSR count). The molecule has 0 aliphatic carbocycles. The van der Waals surface area contributed by atoms with Crippen LogP contribution in [0.3, 0.4) is 0 Å². The predicted molar refractivity (Wildman–Crippen MR) is 111 cm³/mol. The second-order valence-corrected chi connectivity index (χ2v) is 7.68. The molecule has 1 amide bonds. The average molecular weight is 408 g/mol. The summed E-state index contributed by atoms with van der Waals surface area (Å²) >= 11 is 1.36. The summed E-state index contributed by atoms with van der Waals surface area (Å²) in [5, 5.41) is 8.81. The number of methoxy groups -OCH3 is 1. The topological polar surface area (TPSA) is 77.3 Å². The van der Waals surface area contributed by atoms with Gasteiger partial charge < -0.3 is 9.64 Å². The molecule has 2 aromatic carbocycles. The van der Waals surface area contributed by atoms with E-state index in [-0.39, 0.29) is 17.6 Å². The number of nitrogens with zero attached hydrogens (tertiary/aromatic N) is 4. The van der Waals surface area contributed by atoms with Crippen molar-refractivity contribution in [3.63, 3.8) is 0 Å². The molecule has 7 nitrogen and oxygen atoms in total. The molecule has 1 aliphatic heterocycles. The molecule has 0 fully saturated rings. The number of hydrogen-bond donors (Lipinski definition) is 0. The van der Waals surface area contributed by atoms with Crippen LogP contribution in [0.25, 0.3) is 5.69 Å². The van der Waals surface area contributed by atoms with Crippen molar-refractivity contribution >= 4 is 29.3 Å². The van der Waals surface area contributed by atoms with Gasteiger partial charge in [0.2, 0.25) is 5.91 Å². The quantitative estimate of drug-likeness (QED) is 0.477. The third kappa shape index (κ3) is 3.88. The van der Waals surface area contributed by atoms with E-state index in [0.717, 1.165) is 23.4 Å². The van der Waals surface area contributed by atoms with Gasteiger partial charge in [0, 0.05) is 17.9 Å². The fourth-order valence-corrected chi connectivity index (χ4v) is 4.12. The third-order valence-electron chi connectivity index (χ3n) is 4.85. The minimum Gasteiger partial charge on any atom is -0.465 e. The lowest BCUT2D eigenvalue weighted by molar-refractivity contribution is -0.116. The van der Waals surface area contributed by atoms with Crippen molar-refractivity contribution in [2.24, 2.45) is 0 Å². The Hall–Kier alpha value is -3.13. The van der Waals surface area contributed by atoms with Crippen molar-refractivity contribution in [2.45, 2.75) is 18.5 Å². The van der Waals surface area contributed by atoms with Crippen LogP contribution in [0.4, 0.5) is 5.69 Å². The fraction of sp³-hybridized carbons (Fsp3) is 0.238. The van der Waals surface area contributed by atoms with Gasteiger partial charge in [0.15, 0.2) is 5.16 Å². The number of hydrogen-bond acceptors (Lipinski definition) is 6. The maximum Gasteiger partial charge on any atom is 0.337 e. The zero-order valence-electron chi connectivity index (χ0n) is 16.2. The molecular formula is C21H20N4O3S. The number of ether oxygens (including phenoxy) is 1. The number of carbonyl (C=O) groups excluding carboxylic acids is 2. The Kier molecular flexibility index (Phi) is 5.35. The van der Waals surface area contributed by atoms with Gasteiger partial charge in [-0.2, -0.15) is 0 Å². The van der Waals surface area contributed by atoms with Crippen molar-refractivity contribution in [3.05, 3.63) is 65.5 Å². The molecule has 0 saturated heterocycles. The van der Waals surface area contributed by atoms with Crippen molar-refractivity contribution < 1.29 is 14.3 Å². The molecule has 0 radical (unpaired) electrons. The molecule has 29 heavy (non-hydrogen) atoms. The number of amides is 1. The number of thioether (sulfide) groups is 1. The number of aromatic nitrogens is 3. The Bertz CT molecular complexity index is 1060. The van der Waals surface area contributed by atoms with E-state index >= 15 is 0 Å². The van der Waals surface area contributed by atoms with Crippen LogP contribution in [-0.4, -0.2) is 46.0 Å². The van der Waals surface area contributed by atoms with Crippen LogP contribution in [-0.2, 0) is 16.0 Å². The minimum absolute atomic E-state index is 0.00183. The highest BCUT2D eigenvalue weighted by Crippen LogP contribution is 2.30. The second-order valence-electron chi connectivity index (χ2n) is 6.74. The predicted octanol–water partition coefficient (Wildman–Crippen LogP) is 3.04. The van der Waals surface area contributed by atoms with E-state index in [4.69, 9.17) is 4.74 Å². The standard InChI is InChI=1S/C21H20N4O3S/c1-14-3-6-17(7-4-14)25-13-22-23-21(25)29-12-19(26)24-10-9-15-11-16(20(27)28-2)5-8-18(15)24/h3-8,11,13H,9-10,12H2,1-2H3. The number of carbonyl (C=O) groups is 2. The van der Waals surface area contributed by atoms with Gasteiger partial charge in [0.05, 0.1) is 18.4 Å². The zero-order valence-corrected chi connectivity index (χ0v) is 17.0.